The SMILES string of the molecule is Cn1cc(-c2ccc(S(=O)(=O)[C@@H]3C[C@@H](C(=O)O)N(C(=O)C4(C)CC4)C3)c(C(F)(F)F)c2)cn1. The molecule has 178 valence electrons. The molecule has 1 aromatic heterocycles. The Hall–Kier alpha value is -2.89. The highest BCUT2D eigenvalue weighted by Gasteiger charge is 2.54. The fraction of sp³-hybridized carbons (Fsp3) is 0.476. The smallest absolute Gasteiger partial charge is 0.417 e. The van der Waals surface area contributed by atoms with E-state index in [0.29, 0.717) is 18.4 Å². The first-order valence-electron chi connectivity index (χ1n) is 10.2. The van der Waals surface area contributed by atoms with Crippen molar-refractivity contribution in [1.29, 1.82) is 0 Å². The predicted molar refractivity (Wildman–Crippen MR) is 110 cm³/mol. The second-order valence-corrected chi connectivity index (χ2v) is 11.1. The molecule has 1 aromatic carbocycles. The number of halogens is 3. The number of sulfone groups is 1. The van der Waals surface area contributed by atoms with Gasteiger partial charge in [0.15, 0.2) is 9.84 Å². The van der Waals surface area contributed by atoms with Crippen molar-refractivity contribution in [2.75, 3.05) is 6.54 Å². The molecule has 2 aromatic rings. The molecule has 0 spiro atoms. The third kappa shape index (κ3) is 4.11. The monoisotopic (exact) mass is 485 g/mol. The number of rotatable bonds is 5. The summed E-state index contributed by atoms with van der Waals surface area (Å²) in [6, 6.07) is 1.50. The molecule has 8 nitrogen and oxygen atoms in total. The van der Waals surface area contributed by atoms with Crippen molar-refractivity contribution in [2.24, 2.45) is 12.5 Å². The van der Waals surface area contributed by atoms with Crippen molar-refractivity contribution < 1.29 is 36.3 Å². The Morgan fingerprint density at radius 1 is 1.21 bits per heavy atom. The minimum absolute atomic E-state index is 0.141. The van der Waals surface area contributed by atoms with Gasteiger partial charge in [-0.25, -0.2) is 13.2 Å². The summed E-state index contributed by atoms with van der Waals surface area (Å²) in [6.07, 6.45) is -1.47. The standard InChI is InChI=1S/C21H22F3N3O5S/c1-20(5-6-20)19(30)27-11-14(8-16(27)18(28)29)33(31,32)17-4-3-12(7-15(17)21(22,23)24)13-9-25-26(2)10-13/h3-4,7,9-10,14,16H,5-6,8,11H2,1-2H3,(H,28,29)/t14-,16+/m1/s1. The number of nitrogens with zero attached hydrogens (tertiary/aromatic N) is 3. The fourth-order valence-electron chi connectivity index (χ4n) is 4.16. The molecule has 12 heteroatoms. The summed E-state index contributed by atoms with van der Waals surface area (Å²) >= 11 is 0. The van der Waals surface area contributed by atoms with Crippen molar-refractivity contribution in [2.45, 2.75) is 48.5 Å². The molecule has 0 bridgehead atoms. The average Bonchev–Trinajstić information content (AvgIpc) is 3.14. The third-order valence-electron chi connectivity index (χ3n) is 6.39. The molecule has 33 heavy (non-hydrogen) atoms. The molecular formula is C21H22F3N3O5S. The van der Waals surface area contributed by atoms with E-state index >= 15 is 0 Å². The van der Waals surface area contributed by atoms with Gasteiger partial charge in [-0.2, -0.15) is 18.3 Å². The first-order valence-corrected chi connectivity index (χ1v) is 11.8. The highest BCUT2D eigenvalue weighted by Crippen LogP contribution is 2.48. The van der Waals surface area contributed by atoms with Crippen LogP contribution in [0.5, 0.6) is 0 Å². The van der Waals surface area contributed by atoms with Gasteiger partial charge >= 0.3 is 12.1 Å². The zero-order valence-electron chi connectivity index (χ0n) is 17.8. The molecule has 1 N–H and O–H groups in total. The lowest BCUT2D eigenvalue weighted by atomic mass is 10.1. The zero-order chi connectivity index (χ0) is 24.3. The number of likely N-dealkylation sites (tertiary alicyclic amines) is 1. The number of carboxylic acid groups (broad SMARTS) is 1. The van der Waals surface area contributed by atoms with Gasteiger partial charge in [-0.1, -0.05) is 13.0 Å². The van der Waals surface area contributed by atoms with Crippen LogP contribution in [0, 0.1) is 5.41 Å². The second-order valence-electron chi connectivity index (χ2n) is 8.89. The Morgan fingerprint density at radius 3 is 2.39 bits per heavy atom. The Kier molecular flexibility index (Phi) is 5.34. The van der Waals surface area contributed by atoms with E-state index in [-0.39, 0.29) is 5.56 Å². The Bertz CT molecular complexity index is 1230. The van der Waals surface area contributed by atoms with Crippen LogP contribution in [-0.4, -0.2) is 57.9 Å². The van der Waals surface area contributed by atoms with Crippen LogP contribution in [0.1, 0.15) is 31.7 Å². The summed E-state index contributed by atoms with van der Waals surface area (Å²) in [5, 5.41) is 12.0. The summed E-state index contributed by atoms with van der Waals surface area (Å²) in [5.41, 5.74) is -1.56. The summed E-state index contributed by atoms with van der Waals surface area (Å²) in [5.74, 6) is -1.86. The molecule has 0 radical (unpaired) electrons. The minimum atomic E-state index is -4.97. The van der Waals surface area contributed by atoms with Crippen molar-refractivity contribution in [3.8, 4) is 11.1 Å². The lowest BCUT2D eigenvalue weighted by Gasteiger charge is -2.24. The predicted octanol–water partition coefficient (Wildman–Crippen LogP) is 2.73. The Morgan fingerprint density at radius 2 is 1.88 bits per heavy atom. The Labute approximate surface area is 187 Å². The molecule has 2 aliphatic rings. The van der Waals surface area contributed by atoms with E-state index in [1.807, 2.05) is 0 Å². The number of carboxylic acids is 1. The van der Waals surface area contributed by atoms with Gasteiger partial charge in [0, 0.05) is 30.8 Å². The number of carbonyl (C=O) groups excluding carboxylic acids is 1. The minimum Gasteiger partial charge on any atom is -0.480 e. The fourth-order valence-corrected chi connectivity index (χ4v) is 6.05. The van der Waals surface area contributed by atoms with E-state index in [2.05, 4.69) is 5.10 Å². The first kappa shape index (κ1) is 23.3. The third-order valence-corrected chi connectivity index (χ3v) is 8.58. The van der Waals surface area contributed by atoms with E-state index < -0.39 is 68.0 Å². The largest absolute Gasteiger partial charge is 0.480 e. The van der Waals surface area contributed by atoms with Gasteiger partial charge in [0.1, 0.15) is 6.04 Å². The summed E-state index contributed by atoms with van der Waals surface area (Å²) in [4.78, 5) is 24.6. The number of aromatic nitrogens is 2. The van der Waals surface area contributed by atoms with Gasteiger partial charge in [0.05, 0.1) is 21.9 Å². The number of alkyl halides is 3. The highest BCUT2D eigenvalue weighted by molar-refractivity contribution is 7.92. The van der Waals surface area contributed by atoms with Gasteiger partial charge in [-0.05, 0) is 37.0 Å². The maximum Gasteiger partial charge on any atom is 0.417 e. The first-order chi connectivity index (χ1) is 15.2. The molecule has 1 amide bonds. The van der Waals surface area contributed by atoms with Gasteiger partial charge in [-0.15, -0.1) is 0 Å². The van der Waals surface area contributed by atoms with Crippen LogP contribution in [-0.2, 0) is 32.7 Å². The summed E-state index contributed by atoms with van der Waals surface area (Å²) < 4.78 is 69.7. The van der Waals surface area contributed by atoms with Crippen LogP contribution in [0.25, 0.3) is 11.1 Å². The second kappa shape index (κ2) is 7.57. The zero-order valence-corrected chi connectivity index (χ0v) is 18.7. The van der Waals surface area contributed by atoms with Crippen molar-refractivity contribution in [1.82, 2.24) is 14.7 Å². The molecule has 2 atom stereocenters. The number of amides is 1. The van der Waals surface area contributed by atoms with Crippen LogP contribution < -0.4 is 0 Å². The number of hydrogen-bond acceptors (Lipinski definition) is 5. The molecule has 1 aliphatic carbocycles. The maximum absolute atomic E-state index is 13.9. The molecule has 2 heterocycles. The highest BCUT2D eigenvalue weighted by atomic mass is 32.2. The van der Waals surface area contributed by atoms with E-state index in [4.69, 9.17) is 0 Å². The van der Waals surface area contributed by atoms with Crippen molar-refractivity contribution in [3.05, 3.63) is 36.2 Å². The molecule has 4 rings (SSSR count). The molecule has 1 saturated heterocycles. The van der Waals surface area contributed by atoms with E-state index in [0.717, 1.165) is 17.0 Å². The quantitative estimate of drug-likeness (QED) is 0.698. The van der Waals surface area contributed by atoms with E-state index in [1.165, 1.54) is 23.1 Å². The van der Waals surface area contributed by atoms with E-state index in [9.17, 15) is 36.3 Å². The summed E-state index contributed by atoms with van der Waals surface area (Å²) in [6.45, 7) is 1.20. The maximum atomic E-state index is 13.9. The summed E-state index contributed by atoms with van der Waals surface area (Å²) in [7, 11) is -3.00. The number of carbonyl (C=O) groups is 2. The number of benzene rings is 1. The Balaban J connectivity index is 1.73. The lowest BCUT2D eigenvalue weighted by Crippen LogP contribution is -2.44. The molecule has 2 fully saturated rings. The van der Waals surface area contributed by atoms with Crippen LogP contribution in [0.3, 0.4) is 0 Å². The van der Waals surface area contributed by atoms with Gasteiger partial charge < -0.3 is 10.0 Å². The van der Waals surface area contributed by atoms with Crippen LogP contribution in [0.15, 0.2) is 35.5 Å². The van der Waals surface area contributed by atoms with Crippen molar-refractivity contribution >= 4 is 21.7 Å². The average molecular weight is 485 g/mol. The van der Waals surface area contributed by atoms with Crippen LogP contribution in [0.4, 0.5) is 13.2 Å². The van der Waals surface area contributed by atoms with Gasteiger partial charge in [-0.3, -0.25) is 9.48 Å². The topological polar surface area (TPSA) is 110 Å². The number of hydrogen-bond donors (Lipinski definition) is 1. The lowest BCUT2D eigenvalue weighted by molar-refractivity contribution is -0.150. The van der Waals surface area contributed by atoms with Gasteiger partial charge in [0.2, 0.25) is 5.91 Å². The number of aryl methyl sites for hydroxylation is 1. The molecule has 0 unspecified atom stereocenters. The van der Waals surface area contributed by atoms with E-state index in [1.54, 1.807) is 14.0 Å². The van der Waals surface area contributed by atoms with Gasteiger partial charge in [0.25, 0.3) is 0 Å². The van der Waals surface area contributed by atoms with Crippen LogP contribution in [0.2, 0.25) is 0 Å². The number of aliphatic carboxylic acids is 1. The van der Waals surface area contributed by atoms with Crippen LogP contribution >= 0.6 is 0 Å². The normalized spacial score (nSPS) is 22.4. The van der Waals surface area contributed by atoms with Crippen molar-refractivity contribution in [3.63, 3.8) is 0 Å². The molecular weight excluding hydrogens is 463 g/mol. The molecule has 1 saturated carbocycles. The molecule has 1 aliphatic heterocycles.